The molecule has 0 spiro atoms. The first kappa shape index (κ1) is 18.1. The van der Waals surface area contributed by atoms with Crippen molar-refractivity contribution in [1.29, 1.82) is 0 Å². The Morgan fingerprint density at radius 2 is 2.08 bits per heavy atom. The maximum absolute atomic E-state index is 12.0. The molecule has 0 unspecified atom stereocenters. The van der Waals surface area contributed by atoms with Crippen LogP contribution in [0.3, 0.4) is 0 Å². The van der Waals surface area contributed by atoms with Crippen LogP contribution in [0.25, 0.3) is 0 Å². The fraction of sp³-hybridized carbons (Fsp3) is 0.333. The van der Waals surface area contributed by atoms with Crippen molar-refractivity contribution < 1.29 is 18.7 Å². The zero-order valence-electron chi connectivity index (χ0n) is 14.0. The number of carbonyl (C=O) groups excluding carboxylic acids is 2. The van der Waals surface area contributed by atoms with Gasteiger partial charge >= 0.3 is 5.97 Å². The summed E-state index contributed by atoms with van der Waals surface area (Å²) in [6.45, 7) is 3.79. The smallest absolute Gasteiger partial charge is 0.341 e. The second-order valence-electron chi connectivity index (χ2n) is 5.27. The fourth-order valence-corrected chi connectivity index (χ4v) is 2.94. The summed E-state index contributed by atoms with van der Waals surface area (Å²) >= 11 is 1.43. The predicted molar refractivity (Wildman–Crippen MR) is 95.4 cm³/mol. The third-order valence-electron chi connectivity index (χ3n) is 3.47. The highest BCUT2D eigenvalue weighted by Crippen LogP contribution is 2.20. The molecule has 2 rings (SSSR count). The van der Waals surface area contributed by atoms with E-state index in [9.17, 15) is 9.59 Å². The Balaban J connectivity index is 1.83. The Morgan fingerprint density at radius 3 is 2.79 bits per heavy atom. The Hall–Kier alpha value is -2.21. The van der Waals surface area contributed by atoms with Crippen molar-refractivity contribution in [1.82, 2.24) is 0 Å². The average Bonchev–Trinajstić information content (AvgIpc) is 2.95. The van der Waals surface area contributed by atoms with E-state index in [2.05, 4.69) is 17.0 Å². The number of ether oxygens (including phenoxy) is 1. The number of rotatable bonds is 7. The van der Waals surface area contributed by atoms with E-state index < -0.39 is 5.97 Å². The predicted octanol–water partition coefficient (Wildman–Crippen LogP) is 3.81. The van der Waals surface area contributed by atoms with Crippen LogP contribution in [0, 0.1) is 6.92 Å². The van der Waals surface area contributed by atoms with Crippen LogP contribution in [0.4, 0.5) is 5.69 Å². The molecular formula is C18H21NO4S. The molecule has 0 bridgehead atoms. The minimum atomic E-state index is -0.416. The molecule has 24 heavy (non-hydrogen) atoms. The van der Waals surface area contributed by atoms with E-state index in [-0.39, 0.29) is 5.91 Å². The molecule has 6 heteroatoms. The molecule has 128 valence electrons. The summed E-state index contributed by atoms with van der Waals surface area (Å²) in [5.41, 5.74) is 2.41. The molecule has 0 saturated carbocycles. The summed E-state index contributed by atoms with van der Waals surface area (Å²) in [7, 11) is 1.33. The largest absolute Gasteiger partial charge is 0.465 e. The van der Waals surface area contributed by atoms with Crippen molar-refractivity contribution >= 4 is 29.3 Å². The molecule has 1 aromatic carbocycles. The van der Waals surface area contributed by atoms with Crippen molar-refractivity contribution in [3.8, 4) is 0 Å². The van der Waals surface area contributed by atoms with Crippen molar-refractivity contribution in [2.45, 2.75) is 26.0 Å². The van der Waals surface area contributed by atoms with Gasteiger partial charge in [-0.15, -0.1) is 11.8 Å². The molecule has 0 radical (unpaired) electrons. The third kappa shape index (κ3) is 4.89. The van der Waals surface area contributed by atoms with E-state index in [0.717, 1.165) is 12.1 Å². The molecule has 0 aliphatic carbocycles. The number of amides is 1. The van der Waals surface area contributed by atoms with Crippen LogP contribution in [0.2, 0.25) is 0 Å². The van der Waals surface area contributed by atoms with Gasteiger partial charge in [0, 0.05) is 5.69 Å². The third-order valence-corrected chi connectivity index (χ3v) is 4.43. The normalized spacial score (nSPS) is 10.5. The van der Waals surface area contributed by atoms with Gasteiger partial charge in [0.1, 0.15) is 17.1 Å². The average molecular weight is 347 g/mol. The van der Waals surface area contributed by atoms with Gasteiger partial charge in [-0.2, -0.15) is 0 Å². The molecule has 0 fully saturated rings. The Kier molecular flexibility index (Phi) is 6.49. The number of aryl methyl sites for hydroxylation is 2. The van der Waals surface area contributed by atoms with Crippen LogP contribution in [-0.4, -0.2) is 24.7 Å². The topological polar surface area (TPSA) is 68.5 Å². The lowest BCUT2D eigenvalue weighted by Gasteiger charge is -2.06. The number of hydrogen-bond donors (Lipinski definition) is 1. The maximum Gasteiger partial charge on any atom is 0.341 e. The van der Waals surface area contributed by atoms with Crippen molar-refractivity contribution in [2.24, 2.45) is 0 Å². The number of anilines is 1. The fourth-order valence-electron chi connectivity index (χ4n) is 2.24. The molecule has 1 heterocycles. The van der Waals surface area contributed by atoms with Gasteiger partial charge < -0.3 is 14.5 Å². The number of esters is 1. The van der Waals surface area contributed by atoms with Gasteiger partial charge in [-0.1, -0.05) is 19.1 Å². The van der Waals surface area contributed by atoms with Crippen molar-refractivity contribution in [3.63, 3.8) is 0 Å². The Labute approximate surface area is 145 Å². The van der Waals surface area contributed by atoms with Gasteiger partial charge in [-0.05, 0) is 37.1 Å². The van der Waals surface area contributed by atoms with E-state index in [1.807, 2.05) is 24.3 Å². The second kappa shape index (κ2) is 8.59. The first-order chi connectivity index (χ1) is 11.5. The lowest BCUT2D eigenvalue weighted by Crippen LogP contribution is -2.14. The van der Waals surface area contributed by atoms with Crippen LogP contribution in [-0.2, 0) is 21.7 Å². The standard InChI is InChI=1S/C18H21NO4S/c1-4-13-6-5-7-14(8-13)19-17(20)11-24-10-15-9-16(12(2)23-15)18(21)22-3/h5-9H,4,10-11H2,1-3H3,(H,19,20). The number of benzene rings is 1. The minimum absolute atomic E-state index is 0.0651. The highest BCUT2D eigenvalue weighted by Gasteiger charge is 2.15. The summed E-state index contributed by atoms with van der Waals surface area (Å²) < 4.78 is 10.2. The summed E-state index contributed by atoms with van der Waals surface area (Å²) in [6, 6.07) is 9.47. The second-order valence-corrected chi connectivity index (χ2v) is 6.25. The van der Waals surface area contributed by atoms with E-state index in [1.165, 1.54) is 24.4 Å². The van der Waals surface area contributed by atoms with E-state index >= 15 is 0 Å². The van der Waals surface area contributed by atoms with Crippen LogP contribution in [0.15, 0.2) is 34.7 Å². The number of methoxy groups -OCH3 is 1. The number of carbonyl (C=O) groups is 2. The summed E-state index contributed by atoms with van der Waals surface area (Å²) in [5, 5.41) is 2.88. The van der Waals surface area contributed by atoms with E-state index in [1.54, 1.807) is 13.0 Å². The molecule has 2 aromatic rings. The highest BCUT2D eigenvalue weighted by molar-refractivity contribution is 7.99. The van der Waals surface area contributed by atoms with E-state index in [0.29, 0.717) is 28.6 Å². The highest BCUT2D eigenvalue weighted by atomic mass is 32.2. The van der Waals surface area contributed by atoms with Gasteiger partial charge in [-0.25, -0.2) is 4.79 Å². The van der Waals surface area contributed by atoms with Crippen molar-refractivity contribution in [2.75, 3.05) is 18.2 Å². The molecule has 0 aliphatic rings. The Morgan fingerprint density at radius 1 is 1.29 bits per heavy atom. The zero-order chi connectivity index (χ0) is 17.5. The number of nitrogens with one attached hydrogen (secondary N) is 1. The molecule has 1 aromatic heterocycles. The van der Waals surface area contributed by atoms with Gasteiger partial charge in [0.15, 0.2) is 0 Å². The van der Waals surface area contributed by atoms with Crippen LogP contribution >= 0.6 is 11.8 Å². The summed E-state index contributed by atoms with van der Waals surface area (Å²) in [4.78, 5) is 23.5. The van der Waals surface area contributed by atoms with Gasteiger partial charge in [0.05, 0.1) is 18.6 Å². The van der Waals surface area contributed by atoms with Crippen LogP contribution in [0.1, 0.15) is 34.4 Å². The number of thioether (sulfide) groups is 1. The molecule has 0 aliphatic heterocycles. The van der Waals surface area contributed by atoms with Crippen molar-refractivity contribution in [3.05, 3.63) is 53.0 Å². The van der Waals surface area contributed by atoms with Gasteiger partial charge in [0.2, 0.25) is 5.91 Å². The SMILES string of the molecule is CCc1cccc(NC(=O)CSCc2cc(C(=O)OC)c(C)o2)c1. The number of furan rings is 1. The lowest BCUT2D eigenvalue weighted by atomic mass is 10.1. The zero-order valence-corrected chi connectivity index (χ0v) is 14.9. The quantitative estimate of drug-likeness (QED) is 0.771. The molecule has 5 nitrogen and oxygen atoms in total. The first-order valence-corrected chi connectivity index (χ1v) is 8.83. The molecule has 0 saturated heterocycles. The summed E-state index contributed by atoms with van der Waals surface area (Å²) in [6.07, 6.45) is 0.929. The Bertz CT molecular complexity index is 724. The van der Waals surface area contributed by atoms with Gasteiger partial charge in [0.25, 0.3) is 0 Å². The monoisotopic (exact) mass is 347 g/mol. The molecule has 0 atom stereocenters. The molecular weight excluding hydrogens is 326 g/mol. The minimum Gasteiger partial charge on any atom is -0.465 e. The van der Waals surface area contributed by atoms with Crippen LogP contribution in [0.5, 0.6) is 0 Å². The van der Waals surface area contributed by atoms with E-state index in [4.69, 9.17) is 4.42 Å². The van der Waals surface area contributed by atoms with Crippen LogP contribution < -0.4 is 5.32 Å². The molecule has 1 amide bonds. The number of hydrogen-bond acceptors (Lipinski definition) is 5. The lowest BCUT2D eigenvalue weighted by molar-refractivity contribution is -0.113. The van der Waals surface area contributed by atoms with Gasteiger partial charge in [-0.3, -0.25) is 4.79 Å². The first-order valence-electron chi connectivity index (χ1n) is 7.67. The molecule has 1 N–H and O–H groups in total. The summed E-state index contributed by atoms with van der Waals surface area (Å²) in [5.74, 6) is 1.52. The maximum atomic E-state index is 12.0.